The number of carbonyl (C=O) groups excluding carboxylic acids is 3. The third-order valence-corrected chi connectivity index (χ3v) is 2.59. The number of aliphatic carboxylic acids is 1. The lowest BCUT2D eigenvalue weighted by atomic mass is 10.1. The number of urea groups is 1. The van der Waals surface area contributed by atoms with Crippen LogP contribution in [0.5, 0.6) is 0 Å². The highest BCUT2D eigenvalue weighted by atomic mass is 16.4. The first-order valence-electron chi connectivity index (χ1n) is 6.04. The zero-order valence-electron chi connectivity index (χ0n) is 11.5. The minimum Gasteiger partial charge on any atom is -0.478 e. The molecule has 4 amide bonds. The van der Waals surface area contributed by atoms with E-state index in [-0.39, 0.29) is 24.1 Å². The number of primary amides is 1. The lowest BCUT2D eigenvalue weighted by molar-refractivity contribution is -0.133. The molecular weight excluding hydrogens is 266 g/mol. The minimum absolute atomic E-state index is 0.0404. The molecule has 0 rings (SSSR count). The molecule has 8 nitrogen and oxygen atoms in total. The molecule has 0 saturated carbocycles. The van der Waals surface area contributed by atoms with Gasteiger partial charge in [0, 0.05) is 24.1 Å². The van der Waals surface area contributed by atoms with Crippen LogP contribution in [0.3, 0.4) is 0 Å². The van der Waals surface area contributed by atoms with Crippen molar-refractivity contribution in [2.45, 2.75) is 33.1 Å². The van der Waals surface area contributed by atoms with Gasteiger partial charge in [-0.25, -0.2) is 9.59 Å². The average Bonchev–Trinajstić information content (AvgIpc) is 2.35. The monoisotopic (exact) mass is 285 g/mol. The maximum Gasteiger partial charge on any atom is 0.331 e. The van der Waals surface area contributed by atoms with Crippen LogP contribution in [0.15, 0.2) is 11.1 Å². The van der Waals surface area contributed by atoms with Crippen molar-refractivity contribution < 1.29 is 24.3 Å². The van der Waals surface area contributed by atoms with Gasteiger partial charge in [-0.1, -0.05) is 0 Å². The predicted molar refractivity (Wildman–Crippen MR) is 70.6 cm³/mol. The normalized spacial score (nSPS) is 11.3. The van der Waals surface area contributed by atoms with Gasteiger partial charge in [0.15, 0.2) is 0 Å². The molecule has 0 bridgehead atoms. The van der Waals surface area contributed by atoms with Gasteiger partial charge in [-0.05, 0) is 26.7 Å². The Bertz CT molecular complexity index is 442. The number of hydrogen-bond donors (Lipinski definition) is 4. The molecule has 0 heterocycles. The molecule has 0 unspecified atom stereocenters. The summed E-state index contributed by atoms with van der Waals surface area (Å²) in [6.07, 6.45) is 1.33. The van der Waals surface area contributed by atoms with Crippen LogP contribution < -0.4 is 16.4 Å². The highest BCUT2D eigenvalue weighted by Gasteiger charge is 2.14. The van der Waals surface area contributed by atoms with Gasteiger partial charge in [0.1, 0.15) is 0 Å². The summed E-state index contributed by atoms with van der Waals surface area (Å²) in [4.78, 5) is 44.0. The highest BCUT2D eigenvalue weighted by molar-refractivity contribution is 6.07. The first kappa shape index (κ1) is 17.6. The standard InChI is InChI=1S/C12H19N3O5/c1-7(8(2)11(18)19)10(17)15-12(20)14-6-4-3-5-9(13)16/h3-6H2,1-2H3,(H2,13,16)(H,18,19)(H2,14,15,17,20). The second kappa shape index (κ2) is 8.68. The third kappa shape index (κ3) is 7.14. The van der Waals surface area contributed by atoms with Gasteiger partial charge in [-0.3, -0.25) is 14.9 Å². The molecule has 5 N–H and O–H groups in total. The molecule has 0 aromatic heterocycles. The number of unbranched alkanes of at least 4 members (excludes halogenated alkanes) is 1. The Hall–Kier alpha value is -2.38. The summed E-state index contributed by atoms with van der Waals surface area (Å²) >= 11 is 0. The summed E-state index contributed by atoms with van der Waals surface area (Å²) < 4.78 is 0. The lowest BCUT2D eigenvalue weighted by Crippen LogP contribution is -2.40. The second-order valence-electron chi connectivity index (χ2n) is 4.19. The van der Waals surface area contributed by atoms with Crippen LogP contribution in [0.2, 0.25) is 0 Å². The Morgan fingerprint density at radius 3 is 2.15 bits per heavy atom. The maximum atomic E-state index is 11.5. The number of rotatable bonds is 7. The molecule has 0 aromatic carbocycles. The number of imide groups is 1. The van der Waals surface area contributed by atoms with Crippen molar-refractivity contribution in [3.63, 3.8) is 0 Å². The van der Waals surface area contributed by atoms with Crippen LogP contribution in [0.1, 0.15) is 33.1 Å². The molecule has 0 radical (unpaired) electrons. The Morgan fingerprint density at radius 1 is 1.05 bits per heavy atom. The van der Waals surface area contributed by atoms with Crippen molar-refractivity contribution >= 4 is 23.8 Å². The van der Waals surface area contributed by atoms with Crippen LogP contribution in [0.4, 0.5) is 4.79 Å². The average molecular weight is 285 g/mol. The topological polar surface area (TPSA) is 139 Å². The zero-order chi connectivity index (χ0) is 15.7. The minimum atomic E-state index is -1.22. The summed E-state index contributed by atoms with van der Waals surface area (Å²) in [5.74, 6) is -2.39. The summed E-state index contributed by atoms with van der Waals surface area (Å²) in [5.41, 5.74) is 4.78. The fourth-order valence-electron chi connectivity index (χ4n) is 1.20. The summed E-state index contributed by atoms with van der Waals surface area (Å²) in [5, 5.41) is 13.1. The number of nitrogens with one attached hydrogen (secondary N) is 2. The van der Waals surface area contributed by atoms with E-state index in [1.807, 2.05) is 5.32 Å². The van der Waals surface area contributed by atoms with Crippen LogP contribution in [0.25, 0.3) is 0 Å². The molecule has 0 aliphatic carbocycles. The van der Waals surface area contributed by atoms with E-state index < -0.39 is 23.8 Å². The van der Waals surface area contributed by atoms with Crippen molar-refractivity contribution in [1.29, 1.82) is 0 Å². The van der Waals surface area contributed by atoms with E-state index >= 15 is 0 Å². The zero-order valence-corrected chi connectivity index (χ0v) is 11.5. The smallest absolute Gasteiger partial charge is 0.331 e. The Balaban J connectivity index is 4.09. The Kier molecular flexibility index (Phi) is 7.64. The molecule has 0 atom stereocenters. The SMILES string of the molecule is CC(C(=O)O)=C(C)C(=O)NC(=O)NCCCCC(N)=O. The van der Waals surface area contributed by atoms with E-state index in [1.165, 1.54) is 13.8 Å². The Labute approximate surface area is 116 Å². The number of carboxylic acid groups (broad SMARTS) is 1. The first-order valence-corrected chi connectivity index (χ1v) is 6.04. The summed E-state index contributed by atoms with van der Waals surface area (Å²) in [7, 11) is 0. The third-order valence-electron chi connectivity index (χ3n) is 2.59. The predicted octanol–water partition coefficient (Wildman–Crippen LogP) is -0.111. The van der Waals surface area contributed by atoms with Crippen LogP contribution in [-0.4, -0.2) is 35.5 Å². The molecule has 0 aromatic rings. The maximum absolute atomic E-state index is 11.5. The molecule has 112 valence electrons. The lowest BCUT2D eigenvalue weighted by Gasteiger charge is -2.07. The van der Waals surface area contributed by atoms with E-state index in [9.17, 15) is 19.2 Å². The van der Waals surface area contributed by atoms with Crippen LogP contribution in [-0.2, 0) is 14.4 Å². The number of nitrogens with two attached hydrogens (primary N) is 1. The quantitative estimate of drug-likeness (QED) is 0.382. The molecule has 20 heavy (non-hydrogen) atoms. The highest BCUT2D eigenvalue weighted by Crippen LogP contribution is 2.03. The van der Waals surface area contributed by atoms with Crippen molar-refractivity contribution in [1.82, 2.24) is 10.6 Å². The molecule has 8 heteroatoms. The van der Waals surface area contributed by atoms with Gasteiger partial charge in [0.25, 0.3) is 5.91 Å². The van der Waals surface area contributed by atoms with E-state index in [0.717, 1.165) is 0 Å². The largest absolute Gasteiger partial charge is 0.478 e. The van der Waals surface area contributed by atoms with Gasteiger partial charge in [0.2, 0.25) is 5.91 Å². The van der Waals surface area contributed by atoms with Gasteiger partial charge in [-0.2, -0.15) is 0 Å². The number of hydrogen-bond acceptors (Lipinski definition) is 4. The van der Waals surface area contributed by atoms with Gasteiger partial charge < -0.3 is 16.2 Å². The Morgan fingerprint density at radius 2 is 1.65 bits per heavy atom. The van der Waals surface area contributed by atoms with Crippen molar-refractivity contribution in [2.75, 3.05) is 6.54 Å². The fraction of sp³-hybridized carbons (Fsp3) is 0.500. The van der Waals surface area contributed by atoms with Crippen molar-refractivity contribution in [3.8, 4) is 0 Å². The van der Waals surface area contributed by atoms with Gasteiger partial charge in [-0.15, -0.1) is 0 Å². The van der Waals surface area contributed by atoms with E-state index in [1.54, 1.807) is 0 Å². The molecule has 0 fully saturated rings. The van der Waals surface area contributed by atoms with Gasteiger partial charge in [0.05, 0.1) is 0 Å². The second-order valence-corrected chi connectivity index (χ2v) is 4.19. The summed E-state index contributed by atoms with van der Waals surface area (Å²) in [6.45, 7) is 2.88. The fourth-order valence-corrected chi connectivity index (χ4v) is 1.20. The van der Waals surface area contributed by atoms with Crippen LogP contribution in [0, 0.1) is 0 Å². The van der Waals surface area contributed by atoms with Gasteiger partial charge >= 0.3 is 12.0 Å². The van der Waals surface area contributed by atoms with E-state index in [4.69, 9.17) is 10.8 Å². The number of carbonyl (C=O) groups is 4. The molecule has 0 aliphatic heterocycles. The number of amides is 4. The van der Waals surface area contributed by atoms with E-state index in [0.29, 0.717) is 12.8 Å². The van der Waals surface area contributed by atoms with Crippen LogP contribution >= 0.6 is 0 Å². The van der Waals surface area contributed by atoms with E-state index in [2.05, 4.69) is 5.32 Å². The molecule has 0 aliphatic rings. The van der Waals surface area contributed by atoms with Crippen molar-refractivity contribution in [3.05, 3.63) is 11.1 Å². The molecule has 0 saturated heterocycles. The number of carboxylic acids is 1. The molecule has 0 spiro atoms. The first-order chi connectivity index (χ1) is 9.25. The molecular formula is C12H19N3O5. The summed E-state index contributed by atoms with van der Waals surface area (Å²) in [6, 6.07) is -0.716. The van der Waals surface area contributed by atoms with Crippen molar-refractivity contribution in [2.24, 2.45) is 5.73 Å².